The highest BCUT2D eigenvalue weighted by molar-refractivity contribution is 7.90. The molecule has 5 nitrogen and oxygen atoms in total. The molecule has 1 unspecified atom stereocenters. The van der Waals surface area contributed by atoms with E-state index in [1.807, 2.05) is 6.08 Å². The van der Waals surface area contributed by atoms with Gasteiger partial charge in [0.1, 0.15) is 0 Å². The largest absolute Gasteiger partial charge is 0.480 e. The SMILES string of the molecule is O=C(O)C1(S(=O)(=O)N2CC=CCC2)CCc2c(-c3ccc(C(F)(F)F)cc3)cccc21. The summed E-state index contributed by atoms with van der Waals surface area (Å²) in [5.41, 5.74) is 0.963. The third kappa shape index (κ3) is 3.36. The van der Waals surface area contributed by atoms with Crippen molar-refractivity contribution >= 4 is 16.0 Å². The Kier molecular flexibility index (Phi) is 5.21. The van der Waals surface area contributed by atoms with Gasteiger partial charge >= 0.3 is 12.1 Å². The van der Waals surface area contributed by atoms with E-state index < -0.39 is 32.5 Å². The van der Waals surface area contributed by atoms with Crippen LogP contribution >= 0.6 is 0 Å². The maximum absolute atomic E-state index is 13.5. The molecule has 2 aromatic carbocycles. The summed E-state index contributed by atoms with van der Waals surface area (Å²) in [4.78, 5) is 12.4. The van der Waals surface area contributed by atoms with Gasteiger partial charge in [0.05, 0.1) is 5.56 Å². The molecule has 1 aliphatic carbocycles. The van der Waals surface area contributed by atoms with Gasteiger partial charge in [-0.25, -0.2) is 8.42 Å². The van der Waals surface area contributed by atoms with Gasteiger partial charge in [-0.3, -0.25) is 4.79 Å². The number of carboxylic acids is 1. The Bertz CT molecular complexity index is 1160. The van der Waals surface area contributed by atoms with Gasteiger partial charge in [-0.05, 0) is 53.6 Å². The van der Waals surface area contributed by atoms with Gasteiger partial charge in [0.2, 0.25) is 14.8 Å². The molecule has 0 aromatic heterocycles. The fourth-order valence-corrected chi connectivity index (χ4v) is 6.56. The van der Waals surface area contributed by atoms with E-state index in [-0.39, 0.29) is 31.5 Å². The number of benzene rings is 2. The van der Waals surface area contributed by atoms with Crippen LogP contribution in [0.3, 0.4) is 0 Å². The standard InChI is InChI=1S/C22H20F3NO4S/c23-22(24,25)16-9-7-15(8-10-16)17-5-4-6-19-18(17)11-12-21(19,20(27)28)31(29,30)26-13-2-1-3-14-26/h1-2,4-10H,3,11-14H2,(H,27,28). The normalized spacial score (nSPS) is 21.8. The van der Waals surface area contributed by atoms with Gasteiger partial charge in [0, 0.05) is 13.1 Å². The second-order valence-corrected chi connectivity index (χ2v) is 9.83. The van der Waals surface area contributed by atoms with Crippen molar-refractivity contribution in [1.29, 1.82) is 0 Å². The van der Waals surface area contributed by atoms with Crippen LogP contribution in [0.1, 0.15) is 29.5 Å². The summed E-state index contributed by atoms with van der Waals surface area (Å²) < 4.78 is 64.8. The summed E-state index contributed by atoms with van der Waals surface area (Å²) in [7, 11) is -4.23. The Balaban J connectivity index is 1.83. The van der Waals surface area contributed by atoms with Crippen molar-refractivity contribution in [3.8, 4) is 11.1 Å². The molecule has 4 rings (SSSR count). The maximum atomic E-state index is 13.5. The van der Waals surface area contributed by atoms with Crippen LogP contribution < -0.4 is 0 Å². The number of rotatable bonds is 4. The van der Waals surface area contributed by atoms with Gasteiger partial charge in [0.15, 0.2) is 0 Å². The van der Waals surface area contributed by atoms with Gasteiger partial charge in [0.25, 0.3) is 0 Å². The van der Waals surface area contributed by atoms with Crippen LogP contribution in [0.5, 0.6) is 0 Å². The Hall–Kier alpha value is -2.65. The lowest BCUT2D eigenvalue weighted by Crippen LogP contribution is -2.51. The lowest BCUT2D eigenvalue weighted by atomic mass is 9.94. The van der Waals surface area contributed by atoms with Crippen molar-refractivity contribution in [1.82, 2.24) is 4.31 Å². The first-order valence-corrected chi connectivity index (χ1v) is 11.2. The average Bonchev–Trinajstić information content (AvgIpc) is 3.15. The Labute approximate surface area is 177 Å². The third-order valence-corrected chi connectivity index (χ3v) is 8.50. The molecular formula is C22H20F3NO4S. The van der Waals surface area contributed by atoms with E-state index in [0.717, 1.165) is 12.1 Å². The van der Waals surface area contributed by atoms with Crippen LogP contribution in [0.15, 0.2) is 54.6 Å². The van der Waals surface area contributed by atoms with Crippen LogP contribution in [0, 0.1) is 0 Å². The predicted molar refractivity (Wildman–Crippen MR) is 109 cm³/mol. The maximum Gasteiger partial charge on any atom is 0.416 e. The van der Waals surface area contributed by atoms with E-state index in [1.165, 1.54) is 22.5 Å². The minimum absolute atomic E-state index is 0.116. The highest BCUT2D eigenvalue weighted by atomic mass is 32.2. The molecule has 0 saturated carbocycles. The lowest BCUT2D eigenvalue weighted by molar-refractivity contribution is -0.140. The number of hydrogen-bond donors (Lipinski definition) is 1. The molecule has 1 N–H and O–H groups in total. The van der Waals surface area contributed by atoms with Gasteiger partial charge in [-0.15, -0.1) is 0 Å². The predicted octanol–water partition coefficient (Wildman–Crippen LogP) is 4.19. The van der Waals surface area contributed by atoms with Crippen molar-refractivity contribution in [2.75, 3.05) is 13.1 Å². The smallest absolute Gasteiger partial charge is 0.416 e. The summed E-state index contributed by atoms with van der Waals surface area (Å²) in [6.45, 7) is 0.326. The van der Waals surface area contributed by atoms with E-state index in [1.54, 1.807) is 18.2 Å². The van der Waals surface area contributed by atoms with Gasteiger partial charge < -0.3 is 5.11 Å². The quantitative estimate of drug-likeness (QED) is 0.708. The number of sulfonamides is 1. The second kappa shape index (κ2) is 7.49. The van der Waals surface area contributed by atoms with E-state index in [4.69, 9.17) is 0 Å². The summed E-state index contributed by atoms with van der Waals surface area (Å²) in [6, 6.07) is 9.31. The van der Waals surface area contributed by atoms with Gasteiger partial charge in [-0.1, -0.05) is 42.5 Å². The van der Waals surface area contributed by atoms with Gasteiger partial charge in [-0.2, -0.15) is 17.5 Å². The molecule has 1 heterocycles. The topological polar surface area (TPSA) is 74.7 Å². The van der Waals surface area contributed by atoms with Crippen molar-refractivity contribution < 1.29 is 31.5 Å². The van der Waals surface area contributed by atoms with Crippen molar-refractivity contribution in [2.24, 2.45) is 0 Å². The van der Waals surface area contributed by atoms with E-state index in [2.05, 4.69) is 0 Å². The molecule has 1 aliphatic heterocycles. The Morgan fingerprint density at radius 2 is 1.77 bits per heavy atom. The number of carbonyl (C=O) groups is 1. The highest BCUT2D eigenvalue weighted by Gasteiger charge is 2.58. The monoisotopic (exact) mass is 451 g/mol. The minimum atomic E-state index is -4.47. The van der Waals surface area contributed by atoms with Crippen LogP contribution in [0.4, 0.5) is 13.2 Å². The first-order chi connectivity index (χ1) is 14.6. The molecule has 0 amide bonds. The number of aliphatic carboxylic acids is 1. The van der Waals surface area contributed by atoms with E-state index in [0.29, 0.717) is 23.1 Å². The Morgan fingerprint density at radius 3 is 2.35 bits per heavy atom. The molecule has 31 heavy (non-hydrogen) atoms. The number of halogens is 3. The molecule has 0 saturated heterocycles. The zero-order chi connectivity index (χ0) is 22.4. The summed E-state index contributed by atoms with van der Waals surface area (Å²) >= 11 is 0. The van der Waals surface area contributed by atoms with Crippen molar-refractivity contribution in [3.63, 3.8) is 0 Å². The summed E-state index contributed by atoms with van der Waals surface area (Å²) in [6.07, 6.45) is -0.338. The molecule has 0 spiro atoms. The third-order valence-electron chi connectivity index (χ3n) is 6.01. The average molecular weight is 451 g/mol. The molecular weight excluding hydrogens is 431 g/mol. The zero-order valence-corrected chi connectivity index (χ0v) is 17.2. The highest BCUT2D eigenvalue weighted by Crippen LogP contribution is 2.48. The number of fused-ring (bicyclic) bond motifs is 1. The van der Waals surface area contributed by atoms with E-state index in [9.17, 15) is 31.5 Å². The molecule has 2 aliphatic rings. The first kappa shape index (κ1) is 21.6. The van der Waals surface area contributed by atoms with Crippen LogP contribution in [-0.4, -0.2) is 36.9 Å². The minimum Gasteiger partial charge on any atom is -0.480 e. The molecule has 1 atom stereocenters. The summed E-state index contributed by atoms with van der Waals surface area (Å²) in [5.74, 6) is -1.44. The second-order valence-electron chi connectivity index (χ2n) is 7.66. The molecule has 0 bridgehead atoms. The molecule has 0 radical (unpaired) electrons. The molecule has 0 fully saturated rings. The fraction of sp³-hybridized carbons (Fsp3) is 0.318. The lowest BCUT2D eigenvalue weighted by Gasteiger charge is -2.33. The number of carboxylic acid groups (broad SMARTS) is 1. The van der Waals surface area contributed by atoms with Crippen molar-refractivity contribution in [2.45, 2.75) is 30.2 Å². The van der Waals surface area contributed by atoms with Crippen LogP contribution in [0.2, 0.25) is 0 Å². The molecule has 2 aromatic rings. The molecule has 9 heteroatoms. The number of nitrogens with zero attached hydrogens (tertiary/aromatic N) is 1. The molecule has 164 valence electrons. The summed E-state index contributed by atoms with van der Waals surface area (Å²) in [5, 5.41) is 10.1. The fourth-order valence-electron chi connectivity index (χ4n) is 4.44. The van der Waals surface area contributed by atoms with E-state index >= 15 is 0 Å². The number of alkyl halides is 3. The number of hydrogen-bond acceptors (Lipinski definition) is 3. The van der Waals surface area contributed by atoms with Crippen LogP contribution in [0.25, 0.3) is 11.1 Å². The first-order valence-electron chi connectivity index (χ1n) is 9.77. The van der Waals surface area contributed by atoms with Crippen molar-refractivity contribution in [3.05, 3.63) is 71.3 Å². The zero-order valence-electron chi connectivity index (χ0n) is 16.4. The van der Waals surface area contributed by atoms with Crippen LogP contribution in [-0.2, 0) is 32.2 Å². The Morgan fingerprint density at radius 1 is 1.06 bits per heavy atom.